The Labute approximate surface area is 114 Å². The molecule has 0 radical (unpaired) electrons. The Hall–Kier alpha value is -1.42. The first-order chi connectivity index (χ1) is 9.20. The minimum atomic E-state index is -0.0186. The Morgan fingerprint density at radius 2 is 2.26 bits per heavy atom. The van der Waals surface area contributed by atoms with Crippen LogP contribution in [0.15, 0.2) is 18.3 Å². The third-order valence-electron chi connectivity index (χ3n) is 4.10. The van der Waals surface area contributed by atoms with Crippen molar-refractivity contribution in [2.45, 2.75) is 39.2 Å². The van der Waals surface area contributed by atoms with Gasteiger partial charge in [0.2, 0.25) is 0 Å². The number of nitrogens with one attached hydrogen (secondary N) is 1. The molecule has 4 heteroatoms. The van der Waals surface area contributed by atoms with Crippen molar-refractivity contribution in [1.29, 1.82) is 0 Å². The number of aromatic nitrogens is 1. The van der Waals surface area contributed by atoms with Gasteiger partial charge in [0.25, 0.3) is 5.91 Å². The second-order valence-corrected chi connectivity index (χ2v) is 5.47. The number of nitrogens with two attached hydrogens (primary N) is 1. The van der Waals surface area contributed by atoms with Crippen molar-refractivity contribution in [2.24, 2.45) is 17.6 Å². The summed E-state index contributed by atoms with van der Waals surface area (Å²) in [7, 11) is 0. The molecule has 1 aromatic heterocycles. The molecule has 1 amide bonds. The Kier molecular flexibility index (Phi) is 4.91. The van der Waals surface area contributed by atoms with E-state index in [1.807, 2.05) is 0 Å². The summed E-state index contributed by atoms with van der Waals surface area (Å²) < 4.78 is 0. The van der Waals surface area contributed by atoms with Gasteiger partial charge in [-0.05, 0) is 30.4 Å². The molecule has 1 fully saturated rings. The van der Waals surface area contributed by atoms with E-state index in [2.05, 4.69) is 17.2 Å². The zero-order valence-corrected chi connectivity index (χ0v) is 11.6. The SMILES string of the molecule is CC1CCCCC1CNC(=O)c1ccnc(CN)c1. The third kappa shape index (κ3) is 3.77. The van der Waals surface area contributed by atoms with Crippen molar-refractivity contribution in [1.82, 2.24) is 10.3 Å². The van der Waals surface area contributed by atoms with Crippen LogP contribution in [0.4, 0.5) is 0 Å². The highest BCUT2D eigenvalue weighted by atomic mass is 16.1. The summed E-state index contributed by atoms with van der Waals surface area (Å²) in [5, 5.41) is 3.04. The van der Waals surface area contributed by atoms with Crippen LogP contribution in [0.5, 0.6) is 0 Å². The zero-order chi connectivity index (χ0) is 13.7. The van der Waals surface area contributed by atoms with Gasteiger partial charge in [0.05, 0.1) is 5.69 Å². The van der Waals surface area contributed by atoms with Crippen LogP contribution in [0.25, 0.3) is 0 Å². The lowest BCUT2D eigenvalue weighted by molar-refractivity contribution is 0.0936. The molecule has 0 saturated heterocycles. The third-order valence-corrected chi connectivity index (χ3v) is 4.10. The molecule has 1 heterocycles. The highest BCUT2D eigenvalue weighted by molar-refractivity contribution is 5.94. The van der Waals surface area contributed by atoms with Gasteiger partial charge < -0.3 is 11.1 Å². The summed E-state index contributed by atoms with van der Waals surface area (Å²) in [6, 6.07) is 3.50. The largest absolute Gasteiger partial charge is 0.352 e. The maximum absolute atomic E-state index is 12.1. The van der Waals surface area contributed by atoms with E-state index >= 15 is 0 Å². The zero-order valence-electron chi connectivity index (χ0n) is 11.6. The average Bonchev–Trinajstić information content (AvgIpc) is 2.46. The van der Waals surface area contributed by atoms with E-state index in [1.54, 1.807) is 18.3 Å². The van der Waals surface area contributed by atoms with Crippen LogP contribution in [-0.4, -0.2) is 17.4 Å². The van der Waals surface area contributed by atoms with Gasteiger partial charge in [-0.1, -0.05) is 26.2 Å². The van der Waals surface area contributed by atoms with Crippen LogP contribution in [0.1, 0.15) is 48.7 Å². The van der Waals surface area contributed by atoms with Crippen LogP contribution in [0, 0.1) is 11.8 Å². The lowest BCUT2D eigenvalue weighted by Crippen LogP contribution is -2.33. The predicted octanol–water partition coefficient (Wildman–Crippen LogP) is 2.10. The lowest BCUT2D eigenvalue weighted by atomic mass is 9.80. The molecule has 1 aliphatic rings. The molecule has 1 aromatic rings. The Bertz CT molecular complexity index is 433. The number of hydrogen-bond acceptors (Lipinski definition) is 3. The van der Waals surface area contributed by atoms with E-state index in [-0.39, 0.29) is 5.91 Å². The molecule has 104 valence electrons. The Morgan fingerprint density at radius 3 is 3.00 bits per heavy atom. The number of hydrogen-bond donors (Lipinski definition) is 2. The summed E-state index contributed by atoms with van der Waals surface area (Å²) >= 11 is 0. The monoisotopic (exact) mass is 261 g/mol. The van der Waals surface area contributed by atoms with E-state index in [9.17, 15) is 4.79 Å². The molecular weight excluding hydrogens is 238 g/mol. The van der Waals surface area contributed by atoms with Crippen LogP contribution < -0.4 is 11.1 Å². The molecule has 2 rings (SSSR count). The highest BCUT2D eigenvalue weighted by Crippen LogP contribution is 2.28. The molecule has 1 saturated carbocycles. The van der Waals surface area contributed by atoms with Gasteiger partial charge in [0.15, 0.2) is 0 Å². The number of carbonyl (C=O) groups is 1. The molecule has 2 atom stereocenters. The van der Waals surface area contributed by atoms with Gasteiger partial charge in [0, 0.05) is 24.8 Å². The van der Waals surface area contributed by atoms with Crippen molar-refractivity contribution >= 4 is 5.91 Å². The summed E-state index contributed by atoms with van der Waals surface area (Å²) in [4.78, 5) is 16.2. The maximum atomic E-state index is 12.1. The Morgan fingerprint density at radius 1 is 1.47 bits per heavy atom. The molecule has 0 aliphatic heterocycles. The minimum Gasteiger partial charge on any atom is -0.352 e. The smallest absolute Gasteiger partial charge is 0.251 e. The summed E-state index contributed by atoms with van der Waals surface area (Å²) in [6.45, 7) is 3.43. The molecular formula is C15H23N3O. The number of nitrogens with zero attached hydrogens (tertiary/aromatic N) is 1. The summed E-state index contributed by atoms with van der Waals surface area (Å²) in [5.41, 5.74) is 6.93. The van der Waals surface area contributed by atoms with Crippen molar-refractivity contribution in [2.75, 3.05) is 6.54 Å². The minimum absolute atomic E-state index is 0.0186. The van der Waals surface area contributed by atoms with Crippen LogP contribution in [-0.2, 0) is 6.54 Å². The van der Waals surface area contributed by atoms with Crippen LogP contribution in [0.3, 0.4) is 0 Å². The van der Waals surface area contributed by atoms with Crippen molar-refractivity contribution < 1.29 is 4.79 Å². The summed E-state index contributed by atoms with van der Waals surface area (Å²) in [6.07, 6.45) is 6.77. The number of amides is 1. The van der Waals surface area contributed by atoms with E-state index in [0.29, 0.717) is 23.9 Å². The number of rotatable bonds is 4. The second kappa shape index (κ2) is 6.66. The van der Waals surface area contributed by atoms with Gasteiger partial charge >= 0.3 is 0 Å². The normalized spacial score (nSPS) is 23.1. The molecule has 0 aromatic carbocycles. The van der Waals surface area contributed by atoms with E-state index in [4.69, 9.17) is 5.73 Å². The maximum Gasteiger partial charge on any atom is 0.251 e. The molecule has 0 bridgehead atoms. The van der Waals surface area contributed by atoms with E-state index in [1.165, 1.54) is 25.7 Å². The van der Waals surface area contributed by atoms with E-state index < -0.39 is 0 Å². The molecule has 2 unspecified atom stereocenters. The first kappa shape index (κ1) is 14.0. The fourth-order valence-electron chi connectivity index (χ4n) is 2.75. The standard InChI is InChI=1S/C15H23N3O/c1-11-4-2-3-5-13(11)10-18-15(19)12-6-7-17-14(8-12)9-16/h6-8,11,13H,2-5,9-10,16H2,1H3,(H,18,19). The molecule has 19 heavy (non-hydrogen) atoms. The fraction of sp³-hybridized carbons (Fsp3) is 0.600. The van der Waals surface area contributed by atoms with Gasteiger partial charge in [-0.15, -0.1) is 0 Å². The van der Waals surface area contributed by atoms with Gasteiger partial charge in [-0.3, -0.25) is 9.78 Å². The van der Waals surface area contributed by atoms with Gasteiger partial charge in [-0.2, -0.15) is 0 Å². The van der Waals surface area contributed by atoms with Crippen molar-refractivity contribution in [3.63, 3.8) is 0 Å². The summed E-state index contributed by atoms with van der Waals surface area (Å²) in [5.74, 6) is 1.31. The molecule has 4 nitrogen and oxygen atoms in total. The van der Waals surface area contributed by atoms with Gasteiger partial charge in [-0.25, -0.2) is 0 Å². The van der Waals surface area contributed by atoms with Gasteiger partial charge in [0.1, 0.15) is 0 Å². The second-order valence-electron chi connectivity index (χ2n) is 5.47. The fourth-order valence-corrected chi connectivity index (χ4v) is 2.75. The van der Waals surface area contributed by atoms with Crippen LogP contribution >= 0.6 is 0 Å². The van der Waals surface area contributed by atoms with Crippen molar-refractivity contribution in [3.05, 3.63) is 29.6 Å². The number of carbonyl (C=O) groups excluding carboxylic acids is 1. The molecule has 0 spiro atoms. The Balaban J connectivity index is 1.89. The first-order valence-corrected chi connectivity index (χ1v) is 7.14. The highest BCUT2D eigenvalue weighted by Gasteiger charge is 2.21. The quantitative estimate of drug-likeness (QED) is 0.872. The lowest BCUT2D eigenvalue weighted by Gasteiger charge is -2.28. The number of pyridine rings is 1. The topological polar surface area (TPSA) is 68.0 Å². The van der Waals surface area contributed by atoms with Crippen molar-refractivity contribution in [3.8, 4) is 0 Å². The molecule has 1 aliphatic carbocycles. The van der Waals surface area contributed by atoms with E-state index in [0.717, 1.165) is 12.2 Å². The van der Waals surface area contributed by atoms with Crippen LogP contribution in [0.2, 0.25) is 0 Å². The molecule has 3 N–H and O–H groups in total. The first-order valence-electron chi connectivity index (χ1n) is 7.14. The average molecular weight is 261 g/mol. The predicted molar refractivity (Wildman–Crippen MR) is 75.6 cm³/mol.